The van der Waals surface area contributed by atoms with Gasteiger partial charge < -0.3 is 41.7 Å². The third-order valence-corrected chi connectivity index (χ3v) is 9.03. The van der Waals surface area contributed by atoms with Gasteiger partial charge in [0.15, 0.2) is 11.6 Å². The minimum atomic E-state index is -1.26. The summed E-state index contributed by atoms with van der Waals surface area (Å²) in [7, 11) is 0. The van der Waals surface area contributed by atoms with Gasteiger partial charge in [-0.3, -0.25) is 9.59 Å². The van der Waals surface area contributed by atoms with E-state index in [1.165, 1.54) is 97.1 Å². The molecule has 0 heterocycles. The molecular weight excluding hydrogens is 720 g/mol. The van der Waals surface area contributed by atoms with Crippen LogP contribution in [0, 0.1) is 0 Å². The molecule has 8 N–H and O–H groups in total. The van der Waals surface area contributed by atoms with Crippen molar-refractivity contribution >= 4 is 80.9 Å². The number of benzene rings is 6. The SMILES string of the molecule is O=C(O)c1ccccc1Nc1ccc(Nc2ccccc2C(=O)O)c2c1C(=O)c1c(Nc3ccccc3C(=O)O)ccc(Nc3ccccc3C(=O)O)c1C2=O. The minimum Gasteiger partial charge on any atom is -0.478 e. The van der Waals surface area contributed by atoms with E-state index in [0.717, 1.165) is 0 Å². The lowest BCUT2D eigenvalue weighted by atomic mass is 9.80. The van der Waals surface area contributed by atoms with E-state index in [9.17, 15) is 39.6 Å². The Labute approximate surface area is 316 Å². The molecule has 0 spiro atoms. The molecular formula is C42H28N4O10. The Hall–Kier alpha value is -8.26. The molecule has 0 saturated heterocycles. The van der Waals surface area contributed by atoms with Gasteiger partial charge in [0.05, 0.1) is 90.0 Å². The minimum absolute atomic E-state index is 0.0289. The summed E-state index contributed by atoms with van der Waals surface area (Å²) in [5.74, 6) is -6.58. The van der Waals surface area contributed by atoms with Crippen LogP contribution < -0.4 is 21.3 Å². The van der Waals surface area contributed by atoms with Gasteiger partial charge >= 0.3 is 23.9 Å². The fraction of sp³-hybridized carbons (Fsp3) is 0. The Morgan fingerprint density at radius 1 is 0.304 bits per heavy atom. The van der Waals surface area contributed by atoms with Crippen LogP contribution in [0.4, 0.5) is 45.5 Å². The number of carbonyl (C=O) groups is 6. The maximum atomic E-state index is 15.2. The van der Waals surface area contributed by atoms with Gasteiger partial charge in [-0.2, -0.15) is 0 Å². The maximum absolute atomic E-state index is 15.2. The molecule has 0 saturated carbocycles. The molecule has 6 aromatic rings. The smallest absolute Gasteiger partial charge is 0.337 e. The van der Waals surface area contributed by atoms with E-state index in [4.69, 9.17) is 0 Å². The second-order valence-electron chi connectivity index (χ2n) is 12.4. The van der Waals surface area contributed by atoms with Crippen LogP contribution in [0.25, 0.3) is 0 Å². The molecule has 0 bridgehead atoms. The number of fused-ring (bicyclic) bond motifs is 2. The van der Waals surface area contributed by atoms with E-state index in [-0.39, 0.29) is 90.0 Å². The number of carboxylic acids is 4. The molecule has 14 heteroatoms. The molecule has 1 aliphatic carbocycles. The van der Waals surface area contributed by atoms with E-state index in [0.29, 0.717) is 0 Å². The van der Waals surface area contributed by atoms with Crippen LogP contribution in [0.5, 0.6) is 0 Å². The van der Waals surface area contributed by atoms with Crippen LogP contribution in [0.3, 0.4) is 0 Å². The third kappa shape index (κ3) is 6.60. The van der Waals surface area contributed by atoms with Crippen LogP contribution >= 0.6 is 0 Å². The van der Waals surface area contributed by atoms with Crippen molar-refractivity contribution in [1.82, 2.24) is 0 Å². The van der Waals surface area contributed by atoms with Crippen molar-refractivity contribution in [3.05, 3.63) is 166 Å². The molecule has 0 fully saturated rings. The second-order valence-corrected chi connectivity index (χ2v) is 12.4. The number of anilines is 8. The first kappa shape index (κ1) is 36.1. The van der Waals surface area contributed by atoms with Crippen molar-refractivity contribution < 1.29 is 49.2 Å². The molecule has 6 aromatic carbocycles. The number of carboxylic acid groups (broad SMARTS) is 4. The van der Waals surface area contributed by atoms with Gasteiger partial charge in [-0.15, -0.1) is 0 Å². The number of ketones is 2. The van der Waals surface area contributed by atoms with Crippen LogP contribution in [0.15, 0.2) is 121 Å². The number of nitrogens with one attached hydrogen (secondary N) is 4. The fourth-order valence-electron chi connectivity index (χ4n) is 6.51. The van der Waals surface area contributed by atoms with Crippen molar-refractivity contribution in [2.24, 2.45) is 0 Å². The van der Waals surface area contributed by atoms with Crippen molar-refractivity contribution in [1.29, 1.82) is 0 Å². The zero-order valence-electron chi connectivity index (χ0n) is 28.8. The molecule has 14 nitrogen and oxygen atoms in total. The molecule has 0 atom stereocenters. The quantitative estimate of drug-likeness (QED) is 0.0588. The summed E-state index contributed by atoms with van der Waals surface area (Å²) in [6, 6.07) is 29.5. The summed E-state index contributed by atoms with van der Waals surface area (Å²) in [6.45, 7) is 0. The molecule has 56 heavy (non-hydrogen) atoms. The van der Waals surface area contributed by atoms with Crippen LogP contribution in [-0.2, 0) is 0 Å². The summed E-state index contributed by atoms with van der Waals surface area (Å²) in [5, 5.41) is 51.7. The van der Waals surface area contributed by atoms with E-state index < -0.39 is 35.4 Å². The first-order valence-electron chi connectivity index (χ1n) is 16.7. The summed E-state index contributed by atoms with van der Waals surface area (Å²) in [5.41, 5.74) is -0.874. The average molecular weight is 749 g/mol. The molecule has 0 aliphatic heterocycles. The number of para-hydroxylation sites is 4. The van der Waals surface area contributed by atoms with Crippen molar-refractivity contribution in [2.45, 2.75) is 0 Å². The number of aromatic carboxylic acids is 4. The lowest BCUT2D eigenvalue weighted by Crippen LogP contribution is -2.26. The summed E-state index contributed by atoms with van der Waals surface area (Å²) in [4.78, 5) is 79.0. The third-order valence-electron chi connectivity index (χ3n) is 9.03. The Kier molecular flexibility index (Phi) is 9.44. The highest BCUT2D eigenvalue weighted by molar-refractivity contribution is 6.35. The van der Waals surface area contributed by atoms with Crippen LogP contribution in [-0.4, -0.2) is 55.9 Å². The summed E-state index contributed by atoms with van der Waals surface area (Å²) >= 11 is 0. The molecule has 1 aliphatic rings. The highest BCUT2D eigenvalue weighted by Gasteiger charge is 2.38. The second kappa shape index (κ2) is 14.6. The number of carbonyl (C=O) groups excluding carboxylic acids is 2. The summed E-state index contributed by atoms with van der Waals surface area (Å²) in [6.07, 6.45) is 0. The first-order chi connectivity index (χ1) is 26.9. The molecule has 7 rings (SSSR count). The van der Waals surface area contributed by atoms with Gasteiger partial charge in [0.1, 0.15) is 0 Å². The van der Waals surface area contributed by atoms with Gasteiger partial charge in [0.2, 0.25) is 0 Å². The number of hydrogen-bond donors (Lipinski definition) is 8. The van der Waals surface area contributed by atoms with E-state index in [1.807, 2.05) is 0 Å². The topological polar surface area (TPSA) is 231 Å². The van der Waals surface area contributed by atoms with E-state index in [2.05, 4.69) is 21.3 Å². The van der Waals surface area contributed by atoms with E-state index in [1.54, 1.807) is 24.3 Å². The highest BCUT2D eigenvalue weighted by Crippen LogP contribution is 2.45. The Morgan fingerprint density at radius 3 is 0.696 bits per heavy atom. The zero-order chi connectivity index (χ0) is 39.7. The largest absolute Gasteiger partial charge is 0.478 e. The van der Waals surface area contributed by atoms with Crippen molar-refractivity contribution in [2.75, 3.05) is 21.3 Å². The molecule has 0 aromatic heterocycles. The Balaban J connectivity index is 1.49. The van der Waals surface area contributed by atoms with Gasteiger partial charge in [0, 0.05) is 0 Å². The average Bonchev–Trinajstić information content (AvgIpc) is 3.18. The molecule has 276 valence electrons. The molecule has 0 radical (unpaired) electrons. The van der Waals surface area contributed by atoms with Crippen LogP contribution in [0.2, 0.25) is 0 Å². The van der Waals surface area contributed by atoms with Gasteiger partial charge in [-0.05, 0) is 72.8 Å². The van der Waals surface area contributed by atoms with Crippen LogP contribution in [0.1, 0.15) is 73.3 Å². The Morgan fingerprint density at radius 2 is 0.500 bits per heavy atom. The lowest BCUT2D eigenvalue weighted by molar-refractivity contribution is 0.0687. The predicted molar refractivity (Wildman–Crippen MR) is 206 cm³/mol. The van der Waals surface area contributed by atoms with Gasteiger partial charge in [-0.25, -0.2) is 19.2 Å². The lowest BCUT2D eigenvalue weighted by Gasteiger charge is -2.28. The number of rotatable bonds is 12. The number of hydrogen-bond acceptors (Lipinski definition) is 10. The fourth-order valence-corrected chi connectivity index (χ4v) is 6.51. The predicted octanol–water partition coefficient (Wildman–Crippen LogP) is 8.23. The highest BCUT2D eigenvalue weighted by atomic mass is 16.4. The Bertz CT molecular complexity index is 2310. The van der Waals surface area contributed by atoms with Crippen molar-refractivity contribution in [3.8, 4) is 0 Å². The normalized spacial score (nSPS) is 11.5. The standard InChI is InChI=1S/C42H28N4O10/c47-37-33-29(43-25-13-5-1-9-21(25)39(49)50)17-18-30(44-26-14-6-2-10-22(26)40(51)52)34(33)38(48)36-32(46-28-16-8-4-12-24(28)42(55)56)20-19-31(35(36)37)45-27-15-7-3-11-23(27)41(53)54/h1-20,43-46H,(H,49,50)(H,51,52)(H,53,54)(H,55,56). The van der Waals surface area contributed by atoms with Crippen molar-refractivity contribution in [3.63, 3.8) is 0 Å². The van der Waals surface area contributed by atoms with Gasteiger partial charge in [0.25, 0.3) is 0 Å². The maximum Gasteiger partial charge on any atom is 0.337 e. The molecule has 0 unspecified atom stereocenters. The molecule has 0 amide bonds. The monoisotopic (exact) mass is 748 g/mol. The first-order valence-corrected chi connectivity index (χ1v) is 16.7. The zero-order valence-corrected chi connectivity index (χ0v) is 28.8. The van der Waals surface area contributed by atoms with E-state index >= 15 is 9.59 Å². The summed E-state index contributed by atoms with van der Waals surface area (Å²) < 4.78 is 0. The van der Waals surface area contributed by atoms with Gasteiger partial charge in [-0.1, -0.05) is 48.5 Å².